The van der Waals surface area contributed by atoms with E-state index in [0.717, 1.165) is 33.9 Å². The number of hydrogen-bond donors (Lipinski definition) is 0. The van der Waals surface area contributed by atoms with Crippen molar-refractivity contribution in [1.29, 1.82) is 0 Å². The maximum absolute atomic E-state index is 11.5. The lowest BCUT2D eigenvalue weighted by Crippen LogP contribution is -2.06. The summed E-state index contributed by atoms with van der Waals surface area (Å²) in [5, 5.41) is 0. The second kappa shape index (κ2) is 9.27. The van der Waals surface area contributed by atoms with Crippen LogP contribution in [-0.4, -0.2) is 28.7 Å². The van der Waals surface area contributed by atoms with Crippen LogP contribution in [0, 0.1) is 0 Å². The minimum absolute atomic E-state index is 0.189. The number of rotatable bonds is 8. The lowest BCUT2D eigenvalue weighted by Gasteiger charge is -2.10. The standard InChI is InChI=1S/C25H24N2O3/c1-2-29-24(28)14-9-17-30-21-15-16-22-23(18-21)27(20-12-7-4-8-13-20)25(26-22)19-10-5-3-6-11-19/h3-8,10-13,15-16,18H,2,9,14,17H2,1H3. The summed E-state index contributed by atoms with van der Waals surface area (Å²) in [6, 6.07) is 26.2. The smallest absolute Gasteiger partial charge is 0.305 e. The van der Waals surface area contributed by atoms with Gasteiger partial charge in [0.15, 0.2) is 0 Å². The summed E-state index contributed by atoms with van der Waals surface area (Å²) in [7, 11) is 0. The number of aromatic nitrogens is 2. The normalized spacial score (nSPS) is 10.8. The number of ether oxygens (including phenoxy) is 2. The van der Waals surface area contributed by atoms with Crippen LogP contribution < -0.4 is 4.74 Å². The summed E-state index contributed by atoms with van der Waals surface area (Å²) in [5.41, 5.74) is 3.97. The molecule has 5 nitrogen and oxygen atoms in total. The van der Waals surface area contributed by atoms with Crippen molar-refractivity contribution in [3.05, 3.63) is 78.9 Å². The quantitative estimate of drug-likeness (QED) is 0.293. The number of hydrogen-bond acceptors (Lipinski definition) is 4. The van der Waals surface area contributed by atoms with Crippen LogP contribution in [0.5, 0.6) is 5.75 Å². The topological polar surface area (TPSA) is 53.4 Å². The Hall–Kier alpha value is -3.60. The average molecular weight is 400 g/mol. The Morgan fingerprint density at radius 1 is 0.967 bits per heavy atom. The highest BCUT2D eigenvalue weighted by atomic mass is 16.5. The number of para-hydroxylation sites is 1. The monoisotopic (exact) mass is 400 g/mol. The number of benzene rings is 3. The van der Waals surface area contributed by atoms with E-state index in [4.69, 9.17) is 14.5 Å². The van der Waals surface area contributed by atoms with Crippen molar-refractivity contribution < 1.29 is 14.3 Å². The van der Waals surface area contributed by atoms with Crippen LogP contribution >= 0.6 is 0 Å². The van der Waals surface area contributed by atoms with Crippen molar-refractivity contribution in [2.45, 2.75) is 19.8 Å². The van der Waals surface area contributed by atoms with E-state index in [1.807, 2.05) is 61.5 Å². The van der Waals surface area contributed by atoms with Crippen molar-refractivity contribution >= 4 is 17.0 Å². The molecule has 0 amide bonds. The molecule has 4 rings (SSSR count). The van der Waals surface area contributed by atoms with Crippen LogP contribution in [0.4, 0.5) is 0 Å². The summed E-state index contributed by atoms with van der Waals surface area (Å²) < 4.78 is 13.0. The van der Waals surface area contributed by atoms with Crippen LogP contribution in [0.2, 0.25) is 0 Å². The van der Waals surface area contributed by atoms with Gasteiger partial charge in [-0.2, -0.15) is 0 Å². The molecule has 0 spiro atoms. The van der Waals surface area contributed by atoms with E-state index in [-0.39, 0.29) is 5.97 Å². The van der Waals surface area contributed by atoms with E-state index in [2.05, 4.69) is 28.8 Å². The molecule has 0 aliphatic rings. The molecule has 0 unspecified atom stereocenters. The highest BCUT2D eigenvalue weighted by Crippen LogP contribution is 2.30. The fourth-order valence-electron chi connectivity index (χ4n) is 3.40. The van der Waals surface area contributed by atoms with Crippen LogP contribution in [0.15, 0.2) is 78.9 Å². The molecular formula is C25H24N2O3. The number of fused-ring (bicyclic) bond motifs is 1. The van der Waals surface area contributed by atoms with E-state index in [1.54, 1.807) is 0 Å². The first kappa shape index (κ1) is 19.7. The molecule has 30 heavy (non-hydrogen) atoms. The van der Waals surface area contributed by atoms with Crippen molar-refractivity contribution in [2.75, 3.05) is 13.2 Å². The molecule has 0 radical (unpaired) electrons. The van der Waals surface area contributed by atoms with Gasteiger partial charge in [0.1, 0.15) is 11.6 Å². The average Bonchev–Trinajstić information content (AvgIpc) is 3.17. The molecule has 4 aromatic rings. The van der Waals surface area contributed by atoms with Gasteiger partial charge in [-0.25, -0.2) is 4.98 Å². The summed E-state index contributed by atoms with van der Waals surface area (Å²) in [6.45, 7) is 2.67. The van der Waals surface area contributed by atoms with Crippen molar-refractivity contribution in [3.63, 3.8) is 0 Å². The van der Waals surface area contributed by atoms with Gasteiger partial charge in [0.2, 0.25) is 0 Å². The Morgan fingerprint density at radius 2 is 1.70 bits per heavy atom. The summed E-state index contributed by atoms with van der Waals surface area (Å²) in [5.74, 6) is 1.45. The molecular weight excluding hydrogens is 376 g/mol. The maximum Gasteiger partial charge on any atom is 0.305 e. The predicted molar refractivity (Wildman–Crippen MR) is 118 cm³/mol. The number of esters is 1. The molecule has 0 atom stereocenters. The second-order valence-electron chi connectivity index (χ2n) is 6.88. The van der Waals surface area contributed by atoms with Crippen molar-refractivity contribution in [3.8, 4) is 22.8 Å². The molecule has 0 N–H and O–H groups in total. The van der Waals surface area contributed by atoms with E-state index < -0.39 is 0 Å². The maximum atomic E-state index is 11.5. The van der Waals surface area contributed by atoms with Crippen LogP contribution in [0.3, 0.4) is 0 Å². The van der Waals surface area contributed by atoms with Gasteiger partial charge in [-0.05, 0) is 37.6 Å². The Kier molecular flexibility index (Phi) is 6.09. The minimum atomic E-state index is -0.189. The third kappa shape index (κ3) is 4.35. The van der Waals surface area contributed by atoms with Gasteiger partial charge < -0.3 is 9.47 Å². The van der Waals surface area contributed by atoms with E-state index in [0.29, 0.717) is 26.1 Å². The lowest BCUT2D eigenvalue weighted by molar-refractivity contribution is -0.143. The third-order valence-corrected chi connectivity index (χ3v) is 4.77. The van der Waals surface area contributed by atoms with Gasteiger partial charge in [-0.3, -0.25) is 9.36 Å². The summed E-state index contributed by atoms with van der Waals surface area (Å²) in [6.07, 6.45) is 0.972. The molecule has 3 aromatic carbocycles. The summed E-state index contributed by atoms with van der Waals surface area (Å²) >= 11 is 0. The highest BCUT2D eigenvalue weighted by molar-refractivity contribution is 5.84. The Labute approximate surface area is 175 Å². The van der Waals surface area contributed by atoms with Crippen molar-refractivity contribution in [2.24, 2.45) is 0 Å². The predicted octanol–water partition coefficient (Wildman–Crippen LogP) is 5.41. The number of carbonyl (C=O) groups excluding carboxylic acids is 1. The zero-order valence-electron chi connectivity index (χ0n) is 17.0. The minimum Gasteiger partial charge on any atom is -0.494 e. The molecule has 152 valence electrons. The van der Waals surface area contributed by atoms with Gasteiger partial charge in [0, 0.05) is 23.7 Å². The molecule has 0 aliphatic carbocycles. The SMILES string of the molecule is CCOC(=O)CCCOc1ccc2nc(-c3ccccc3)n(-c3ccccc3)c2c1. The summed E-state index contributed by atoms with van der Waals surface area (Å²) in [4.78, 5) is 16.4. The largest absolute Gasteiger partial charge is 0.494 e. The zero-order chi connectivity index (χ0) is 20.8. The number of imidazole rings is 1. The molecule has 0 bridgehead atoms. The first-order valence-electron chi connectivity index (χ1n) is 10.2. The number of nitrogens with zero attached hydrogens (tertiary/aromatic N) is 2. The molecule has 0 fully saturated rings. The van der Waals surface area contributed by atoms with Crippen molar-refractivity contribution in [1.82, 2.24) is 9.55 Å². The van der Waals surface area contributed by atoms with Gasteiger partial charge in [0.05, 0.1) is 24.2 Å². The van der Waals surface area contributed by atoms with Gasteiger partial charge in [-0.1, -0.05) is 48.5 Å². The highest BCUT2D eigenvalue weighted by Gasteiger charge is 2.15. The van der Waals surface area contributed by atoms with Crippen LogP contribution in [0.1, 0.15) is 19.8 Å². The molecule has 5 heteroatoms. The second-order valence-corrected chi connectivity index (χ2v) is 6.88. The molecule has 0 aliphatic heterocycles. The van der Waals surface area contributed by atoms with Gasteiger partial charge in [-0.15, -0.1) is 0 Å². The first-order valence-corrected chi connectivity index (χ1v) is 10.2. The first-order chi connectivity index (χ1) is 14.8. The lowest BCUT2D eigenvalue weighted by atomic mass is 10.2. The van der Waals surface area contributed by atoms with E-state index in [9.17, 15) is 4.79 Å². The molecule has 0 saturated heterocycles. The van der Waals surface area contributed by atoms with Crippen LogP contribution in [-0.2, 0) is 9.53 Å². The molecule has 1 aromatic heterocycles. The fourth-order valence-corrected chi connectivity index (χ4v) is 3.40. The number of carbonyl (C=O) groups is 1. The Bertz CT molecular complexity index is 1120. The molecule has 0 saturated carbocycles. The van der Waals surface area contributed by atoms with Crippen LogP contribution in [0.25, 0.3) is 28.1 Å². The van der Waals surface area contributed by atoms with Gasteiger partial charge >= 0.3 is 5.97 Å². The third-order valence-electron chi connectivity index (χ3n) is 4.77. The fraction of sp³-hybridized carbons (Fsp3) is 0.200. The Morgan fingerprint density at radius 3 is 2.43 bits per heavy atom. The van der Waals surface area contributed by atoms with E-state index >= 15 is 0 Å². The zero-order valence-corrected chi connectivity index (χ0v) is 17.0. The molecule has 1 heterocycles. The van der Waals surface area contributed by atoms with Gasteiger partial charge in [0.25, 0.3) is 0 Å². The van der Waals surface area contributed by atoms with E-state index in [1.165, 1.54) is 0 Å². The Balaban J connectivity index is 1.65.